The van der Waals surface area contributed by atoms with Crippen molar-refractivity contribution in [2.24, 2.45) is 0 Å². The maximum atomic E-state index is 11.8. The molecule has 0 saturated carbocycles. The number of fused-ring (bicyclic) bond motifs is 1. The molecule has 1 heterocycles. The van der Waals surface area contributed by atoms with Crippen LogP contribution in [0.15, 0.2) is 30.3 Å². The molecule has 1 aliphatic heterocycles. The molecular weight excluding hydrogens is 344 g/mol. The Labute approximate surface area is 148 Å². The summed E-state index contributed by atoms with van der Waals surface area (Å²) in [5.41, 5.74) is 0.805. The summed E-state index contributed by atoms with van der Waals surface area (Å²) in [5, 5.41) is 39.0. The van der Waals surface area contributed by atoms with Crippen molar-refractivity contribution in [1.29, 1.82) is 0 Å². The van der Waals surface area contributed by atoms with E-state index in [1.807, 2.05) is 0 Å². The normalized spacial score (nSPS) is 18.5. The second-order valence-electron chi connectivity index (χ2n) is 5.77. The number of aromatic hydroxyl groups is 4. The monoisotopic (exact) mass is 362 g/mol. The van der Waals surface area contributed by atoms with E-state index >= 15 is 0 Å². The van der Waals surface area contributed by atoms with Crippen molar-refractivity contribution in [3.63, 3.8) is 0 Å². The molecule has 26 heavy (non-hydrogen) atoms. The molecular formula is C18H18O8. The highest BCUT2D eigenvalue weighted by Gasteiger charge is 2.36. The van der Waals surface area contributed by atoms with Gasteiger partial charge in [-0.3, -0.25) is 0 Å². The number of phenols is 4. The fourth-order valence-electron chi connectivity index (χ4n) is 2.83. The van der Waals surface area contributed by atoms with Gasteiger partial charge < -0.3 is 34.6 Å². The van der Waals surface area contributed by atoms with Gasteiger partial charge in [0.05, 0.1) is 6.61 Å². The van der Waals surface area contributed by atoms with E-state index in [1.165, 1.54) is 24.3 Å². The van der Waals surface area contributed by atoms with Gasteiger partial charge in [0, 0.05) is 29.7 Å². The Hall–Kier alpha value is -3.29. The molecule has 0 radical (unpaired) electrons. The molecule has 0 amide bonds. The smallest absolute Gasteiger partial charge is 0.508 e. The van der Waals surface area contributed by atoms with Gasteiger partial charge in [0.25, 0.3) is 0 Å². The summed E-state index contributed by atoms with van der Waals surface area (Å²) in [5.74, 6) is -0.805. The van der Waals surface area contributed by atoms with Crippen LogP contribution in [0.1, 0.15) is 24.2 Å². The first-order valence-electron chi connectivity index (χ1n) is 7.95. The molecule has 0 fully saturated rings. The molecule has 0 aliphatic carbocycles. The Bertz CT molecular complexity index is 832. The summed E-state index contributed by atoms with van der Waals surface area (Å²) >= 11 is 0. The molecule has 2 aromatic carbocycles. The molecule has 0 saturated heterocycles. The van der Waals surface area contributed by atoms with Crippen molar-refractivity contribution >= 4 is 6.16 Å². The lowest BCUT2D eigenvalue weighted by atomic mass is 9.93. The van der Waals surface area contributed by atoms with Crippen molar-refractivity contribution in [3.05, 3.63) is 41.5 Å². The zero-order valence-electron chi connectivity index (χ0n) is 13.9. The average Bonchev–Trinajstić information content (AvgIpc) is 2.57. The highest BCUT2D eigenvalue weighted by atomic mass is 16.7. The molecule has 3 rings (SSSR count). The molecule has 1 aliphatic rings. The quantitative estimate of drug-likeness (QED) is 0.485. The molecule has 0 unspecified atom stereocenters. The number of rotatable bonds is 3. The minimum Gasteiger partial charge on any atom is -0.508 e. The lowest BCUT2D eigenvalue weighted by molar-refractivity contribution is -0.0310. The molecule has 0 spiro atoms. The third-order valence-electron chi connectivity index (χ3n) is 4.00. The molecule has 138 valence electrons. The minimum absolute atomic E-state index is 0.104. The van der Waals surface area contributed by atoms with Gasteiger partial charge in [0.15, 0.2) is 23.7 Å². The van der Waals surface area contributed by atoms with Crippen molar-refractivity contribution in [2.75, 3.05) is 6.61 Å². The minimum atomic E-state index is -0.893. The summed E-state index contributed by atoms with van der Waals surface area (Å²) in [7, 11) is 0. The second kappa shape index (κ2) is 6.91. The van der Waals surface area contributed by atoms with Gasteiger partial charge >= 0.3 is 6.16 Å². The van der Waals surface area contributed by atoms with Gasteiger partial charge in [-0.1, -0.05) is 6.07 Å². The average molecular weight is 362 g/mol. The molecule has 4 N–H and O–H groups in total. The van der Waals surface area contributed by atoms with Crippen molar-refractivity contribution in [3.8, 4) is 28.7 Å². The van der Waals surface area contributed by atoms with Crippen molar-refractivity contribution < 1.29 is 39.4 Å². The number of carbonyl (C=O) groups excluding carboxylic acids is 1. The van der Waals surface area contributed by atoms with Crippen LogP contribution < -0.4 is 4.74 Å². The summed E-state index contributed by atoms with van der Waals surface area (Å²) < 4.78 is 15.9. The van der Waals surface area contributed by atoms with E-state index in [2.05, 4.69) is 0 Å². The van der Waals surface area contributed by atoms with Gasteiger partial charge in [-0.2, -0.15) is 0 Å². The van der Waals surface area contributed by atoms with Gasteiger partial charge in [-0.25, -0.2) is 4.79 Å². The number of phenolic OH excluding ortho intramolecular Hbond substituents is 4. The first kappa shape index (κ1) is 17.5. The Morgan fingerprint density at radius 3 is 2.58 bits per heavy atom. The maximum absolute atomic E-state index is 11.8. The first-order chi connectivity index (χ1) is 12.4. The summed E-state index contributed by atoms with van der Waals surface area (Å²) in [6.45, 7) is 1.77. The van der Waals surface area contributed by atoms with Gasteiger partial charge in [0.2, 0.25) is 0 Å². The predicted molar refractivity (Wildman–Crippen MR) is 88.5 cm³/mol. The number of hydrogen-bond donors (Lipinski definition) is 4. The lowest BCUT2D eigenvalue weighted by Gasteiger charge is -2.33. The third kappa shape index (κ3) is 3.39. The maximum Gasteiger partial charge on any atom is 0.508 e. The molecule has 8 heteroatoms. The molecule has 8 nitrogen and oxygen atoms in total. The van der Waals surface area contributed by atoms with E-state index in [4.69, 9.17) is 14.2 Å². The van der Waals surface area contributed by atoms with Crippen LogP contribution >= 0.6 is 0 Å². The van der Waals surface area contributed by atoms with E-state index in [1.54, 1.807) is 6.92 Å². The van der Waals surface area contributed by atoms with Crippen LogP contribution in [0.4, 0.5) is 4.79 Å². The van der Waals surface area contributed by atoms with E-state index in [-0.39, 0.29) is 41.8 Å². The van der Waals surface area contributed by atoms with Crippen LogP contribution in [0.25, 0.3) is 0 Å². The van der Waals surface area contributed by atoms with E-state index in [0.717, 1.165) is 6.07 Å². The summed E-state index contributed by atoms with van der Waals surface area (Å²) in [4.78, 5) is 11.8. The molecule has 2 aromatic rings. The Morgan fingerprint density at radius 1 is 1.12 bits per heavy atom. The third-order valence-corrected chi connectivity index (χ3v) is 4.00. The Kier molecular flexibility index (Phi) is 4.66. The Balaban J connectivity index is 1.99. The van der Waals surface area contributed by atoms with E-state index < -0.39 is 18.4 Å². The van der Waals surface area contributed by atoms with Crippen LogP contribution in [0.5, 0.6) is 28.7 Å². The molecule has 0 bridgehead atoms. The second-order valence-corrected chi connectivity index (χ2v) is 5.77. The number of hydrogen-bond acceptors (Lipinski definition) is 8. The van der Waals surface area contributed by atoms with E-state index in [0.29, 0.717) is 11.1 Å². The predicted octanol–water partition coefficient (Wildman–Crippen LogP) is 2.73. The Morgan fingerprint density at radius 2 is 1.88 bits per heavy atom. The topological polar surface area (TPSA) is 126 Å². The van der Waals surface area contributed by atoms with Gasteiger partial charge in [-0.15, -0.1) is 0 Å². The fraction of sp³-hybridized carbons (Fsp3) is 0.278. The number of carbonyl (C=O) groups is 1. The standard InChI is InChI=1S/C18H18O8/c1-2-24-18(23)26-16-8-11-13(21)6-10(19)7-15(11)25-17(16)9-3-4-12(20)14(22)5-9/h3-7,16-17,19-22H,2,8H2,1H3/t16-,17-/m1/s1. The first-order valence-corrected chi connectivity index (χ1v) is 7.95. The zero-order valence-corrected chi connectivity index (χ0v) is 13.9. The zero-order chi connectivity index (χ0) is 18.8. The SMILES string of the molecule is CCOC(=O)O[C@@H]1Cc2c(O)cc(O)cc2O[C@@H]1c1ccc(O)c(O)c1. The fourth-order valence-corrected chi connectivity index (χ4v) is 2.83. The summed E-state index contributed by atoms with van der Waals surface area (Å²) in [6.07, 6.45) is -2.50. The molecule has 0 aromatic heterocycles. The highest BCUT2D eigenvalue weighted by molar-refractivity contribution is 5.61. The summed E-state index contributed by atoms with van der Waals surface area (Å²) in [6, 6.07) is 6.58. The van der Waals surface area contributed by atoms with Gasteiger partial charge in [-0.05, 0) is 19.1 Å². The van der Waals surface area contributed by atoms with Crippen molar-refractivity contribution in [1.82, 2.24) is 0 Å². The largest absolute Gasteiger partial charge is 0.508 e. The van der Waals surface area contributed by atoms with Crippen LogP contribution in [-0.2, 0) is 15.9 Å². The van der Waals surface area contributed by atoms with Crippen LogP contribution in [0.3, 0.4) is 0 Å². The van der Waals surface area contributed by atoms with E-state index in [9.17, 15) is 25.2 Å². The van der Waals surface area contributed by atoms with Gasteiger partial charge in [0.1, 0.15) is 17.2 Å². The number of ether oxygens (including phenoxy) is 3. The van der Waals surface area contributed by atoms with Crippen LogP contribution in [0.2, 0.25) is 0 Å². The molecule has 2 atom stereocenters. The van der Waals surface area contributed by atoms with Crippen LogP contribution in [-0.4, -0.2) is 39.3 Å². The van der Waals surface area contributed by atoms with Crippen LogP contribution in [0, 0.1) is 0 Å². The van der Waals surface area contributed by atoms with Crippen molar-refractivity contribution in [2.45, 2.75) is 25.6 Å². The highest BCUT2D eigenvalue weighted by Crippen LogP contribution is 2.43. The number of benzene rings is 2. The lowest BCUT2D eigenvalue weighted by Crippen LogP contribution is -2.35.